The minimum atomic E-state index is -0.164. The van der Waals surface area contributed by atoms with E-state index in [4.69, 9.17) is 4.98 Å². The van der Waals surface area contributed by atoms with Crippen molar-refractivity contribution in [1.29, 1.82) is 0 Å². The van der Waals surface area contributed by atoms with Crippen molar-refractivity contribution in [1.82, 2.24) is 45.6 Å². The van der Waals surface area contributed by atoms with Crippen molar-refractivity contribution in [3.63, 3.8) is 0 Å². The molecule has 3 aromatic carbocycles. The maximum absolute atomic E-state index is 12.9. The van der Waals surface area contributed by atoms with Crippen LogP contribution in [0.25, 0.3) is 44.3 Å². The van der Waals surface area contributed by atoms with Crippen LogP contribution in [0.15, 0.2) is 54.6 Å². The highest BCUT2D eigenvalue weighted by Gasteiger charge is 2.32. The standard InChI is InChI=1S/C37H43N9O4/c1-4-17-45(33(49)20-38-31(47)5-2)22-30-41-36(44-43-30)24-11-9-23(10-12-24)25-13-15-27-26(19-25)14-16-28-35(27)42-37(40-28)29-8-7-18-46(29)34(50)21-39-32(48)6-3/h9-16,19,29H,4-8,17-18,20-22H2,1-3H3,(H,38,47)(H,39,48)(H,40,42)(H,41,43,44). The molecule has 2 aromatic heterocycles. The van der Waals surface area contributed by atoms with Crippen molar-refractivity contribution in [2.24, 2.45) is 0 Å². The lowest BCUT2D eigenvalue weighted by Gasteiger charge is -2.23. The molecule has 13 nitrogen and oxygen atoms in total. The molecule has 0 aliphatic carbocycles. The molecule has 0 radical (unpaired) electrons. The highest BCUT2D eigenvalue weighted by Crippen LogP contribution is 2.34. The van der Waals surface area contributed by atoms with Crippen LogP contribution in [0.5, 0.6) is 0 Å². The van der Waals surface area contributed by atoms with E-state index >= 15 is 0 Å². The van der Waals surface area contributed by atoms with Crippen LogP contribution in [-0.4, -0.2) is 84.8 Å². The number of carbonyl (C=O) groups excluding carboxylic acids is 4. The third kappa shape index (κ3) is 7.51. The van der Waals surface area contributed by atoms with E-state index in [0.717, 1.165) is 63.6 Å². The Morgan fingerprint density at radius 1 is 0.880 bits per heavy atom. The van der Waals surface area contributed by atoms with Crippen molar-refractivity contribution in [2.45, 2.75) is 65.5 Å². The number of aromatic nitrogens is 5. The smallest absolute Gasteiger partial charge is 0.242 e. The lowest BCUT2D eigenvalue weighted by molar-refractivity contribution is -0.133. The molecule has 0 saturated carbocycles. The minimum absolute atomic E-state index is 0.00250. The summed E-state index contributed by atoms with van der Waals surface area (Å²) in [6.07, 6.45) is 3.16. The van der Waals surface area contributed by atoms with Crippen LogP contribution in [0, 0.1) is 0 Å². The summed E-state index contributed by atoms with van der Waals surface area (Å²) < 4.78 is 0. The number of fused-ring (bicyclic) bond motifs is 3. The highest BCUT2D eigenvalue weighted by molar-refractivity contribution is 6.05. The fourth-order valence-electron chi connectivity index (χ4n) is 6.37. The molecule has 0 spiro atoms. The van der Waals surface area contributed by atoms with Crippen LogP contribution in [0.1, 0.15) is 70.6 Å². The SMILES string of the molecule is CCCN(Cc1nc(-c2ccc(-c3ccc4c(ccc5[nH]c(C6CCCN6C(=O)CNC(=O)CC)nc54)c3)cc2)n[nH]1)C(=O)CNC(=O)CC. The quantitative estimate of drug-likeness (QED) is 0.141. The van der Waals surface area contributed by atoms with E-state index in [1.165, 1.54) is 0 Å². The molecule has 0 bridgehead atoms. The van der Waals surface area contributed by atoms with E-state index in [2.05, 4.69) is 55.1 Å². The Labute approximate surface area is 290 Å². The van der Waals surface area contributed by atoms with Gasteiger partial charge in [0.05, 0.1) is 36.7 Å². The number of hydrogen-bond donors (Lipinski definition) is 4. The van der Waals surface area contributed by atoms with Gasteiger partial charge in [0.15, 0.2) is 5.82 Å². The summed E-state index contributed by atoms with van der Waals surface area (Å²) in [6, 6.07) is 18.3. The summed E-state index contributed by atoms with van der Waals surface area (Å²) in [4.78, 5) is 65.5. The molecule has 5 aromatic rings. The summed E-state index contributed by atoms with van der Waals surface area (Å²) in [5, 5.41) is 14.8. The van der Waals surface area contributed by atoms with Gasteiger partial charge in [0.25, 0.3) is 0 Å². The summed E-state index contributed by atoms with van der Waals surface area (Å²) in [5.41, 5.74) is 4.72. The maximum atomic E-state index is 12.9. The van der Waals surface area contributed by atoms with E-state index in [-0.39, 0.29) is 49.3 Å². The second kappa shape index (κ2) is 15.3. The number of rotatable bonds is 13. The number of aromatic amines is 2. The zero-order chi connectivity index (χ0) is 35.2. The second-order valence-corrected chi connectivity index (χ2v) is 12.5. The third-order valence-corrected chi connectivity index (χ3v) is 9.09. The fraction of sp³-hybridized carbons (Fsp3) is 0.378. The summed E-state index contributed by atoms with van der Waals surface area (Å²) in [5.74, 6) is 1.32. The maximum Gasteiger partial charge on any atom is 0.242 e. The predicted octanol–water partition coefficient (Wildman–Crippen LogP) is 4.62. The Balaban J connectivity index is 1.15. The highest BCUT2D eigenvalue weighted by atomic mass is 16.2. The summed E-state index contributed by atoms with van der Waals surface area (Å²) >= 11 is 0. The van der Waals surface area contributed by atoms with Gasteiger partial charge in [-0.2, -0.15) is 5.10 Å². The van der Waals surface area contributed by atoms with E-state index < -0.39 is 0 Å². The van der Waals surface area contributed by atoms with E-state index in [1.54, 1.807) is 18.7 Å². The van der Waals surface area contributed by atoms with Crippen molar-refractivity contribution >= 4 is 45.4 Å². The van der Waals surface area contributed by atoms with Crippen molar-refractivity contribution in [3.8, 4) is 22.5 Å². The van der Waals surface area contributed by atoms with Crippen LogP contribution in [-0.2, 0) is 25.7 Å². The first-order valence-corrected chi connectivity index (χ1v) is 17.3. The summed E-state index contributed by atoms with van der Waals surface area (Å²) in [7, 11) is 0. The molecule has 3 heterocycles. The number of hydrogen-bond acceptors (Lipinski definition) is 7. The number of imidazole rings is 1. The number of amides is 4. The first-order chi connectivity index (χ1) is 24.3. The molecule has 1 fully saturated rings. The molecule has 4 amide bonds. The Kier molecular flexibility index (Phi) is 10.5. The van der Waals surface area contributed by atoms with Gasteiger partial charge < -0.3 is 25.4 Å². The van der Waals surface area contributed by atoms with Crippen LogP contribution < -0.4 is 10.6 Å². The molecule has 13 heteroatoms. The minimum Gasteiger partial charge on any atom is -0.347 e. The van der Waals surface area contributed by atoms with Gasteiger partial charge in [0.1, 0.15) is 11.6 Å². The number of benzene rings is 3. The van der Waals surface area contributed by atoms with Crippen LogP contribution in [0.2, 0.25) is 0 Å². The average Bonchev–Trinajstić information content (AvgIpc) is 3.92. The number of likely N-dealkylation sites (tertiary alicyclic amines) is 1. The molecule has 1 aliphatic heterocycles. The Morgan fingerprint density at radius 3 is 2.34 bits per heavy atom. The molecule has 1 aliphatic rings. The molecule has 4 N–H and O–H groups in total. The van der Waals surface area contributed by atoms with Crippen LogP contribution in [0.4, 0.5) is 0 Å². The first-order valence-electron chi connectivity index (χ1n) is 17.3. The van der Waals surface area contributed by atoms with E-state index in [0.29, 0.717) is 37.6 Å². The van der Waals surface area contributed by atoms with E-state index in [9.17, 15) is 19.2 Å². The molecule has 1 unspecified atom stereocenters. The third-order valence-electron chi connectivity index (χ3n) is 9.09. The Hall–Kier alpha value is -5.59. The van der Waals surface area contributed by atoms with Gasteiger partial charge in [-0.3, -0.25) is 24.3 Å². The van der Waals surface area contributed by atoms with Crippen LogP contribution >= 0.6 is 0 Å². The van der Waals surface area contributed by atoms with Crippen molar-refractivity contribution in [2.75, 3.05) is 26.2 Å². The van der Waals surface area contributed by atoms with Crippen molar-refractivity contribution < 1.29 is 19.2 Å². The largest absolute Gasteiger partial charge is 0.347 e. The van der Waals surface area contributed by atoms with Gasteiger partial charge >= 0.3 is 0 Å². The predicted molar refractivity (Wildman–Crippen MR) is 190 cm³/mol. The number of H-pyrrole nitrogens is 2. The molecule has 1 saturated heterocycles. The van der Waals surface area contributed by atoms with E-state index in [1.807, 2.05) is 42.2 Å². The topological polar surface area (TPSA) is 169 Å². The Morgan fingerprint density at radius 2 is 1.60 bits per heavy atom. The lowest BCUT2D eigenvalue weighted by Crippen LogP contribution is -2.40. The Bertz CT molecular complexity index is 2020. The number of nitrogens with one attached hydrogen (secondary N) is 4. The van der Waals surface area contributed by atoms with Gasteiger partial charge in [0.2, 0.25) is 23.6 Å². The van der Waals surface area contributed by atoms with Gasteiger partial charge in [-0.1, -0.05) is 63.2 Å². The summed E-state index contributed by atoms with van der Waals surface area (Å²) in [6.45, 7) is 6.93. The number of nitrogens with zero attached hydrogens (tertiary/aromatic N) is 5. The zero-order valence-corrected chi connectivity index (χ0v) is 28.7. The van der Waals surface area contributed by atoms with Gasteiger partial charge in [-0.05, 0) is 47.9 Å². The molecule has 6 rings (SSSR count). The number of carbonyl (C=O) groups is 4. The van der Waals surface area contributed by atoms with Gasteiger partial charge in [-0.25, -0.2) is 9.97 Å². The second-order valence-electron chi connectivity index (χ2n) is 12.5. The first kappa shape index (κ1) is 34.3. The molecular weight excluding hydrogens is 634 g/mol. The zero-order valence-electron chi connectivity index (χ0n) is 28.7. The normalized spacial score (nSPS) is 14.3. The molecule has 50 heavy (non-hydrogen) atoms. The molecule has 1 atom stereocenters. The monoisotopic (exact) mass is 677 g/mol. The average molecular weight is 678 g/mol. The van der Waals surface area contributed by atoms with Crippen molar-refractivity contribution in [3.05, 3.63) is 66.2 Å². The lowest BCUT2D eigenvalue weighted by atomic mass is 9.99. The molecule has 260 valence electrons. The molecular formula is C37H43N9O4. The van der Waals surface area contributed by atoms with Gasteiger partial charge in [0, 0.05) is 36.9 Å². The van der Waals surface area contributed by atoms with Crippen LogP contribution in [0.3, 0.4) is 0 Å². The fourth-order valence-corrected chi connectivity index (χ4v) is 6.37. The van der Waals surface area contributed by atoms with Gasteiger partial charge in [-0.15, -0.1) is 0 Å².